The van der Waals surface area contributed by atoms with Crippen molar-refractivity contribution >= 4 is 28.5 Å². The van der Waals surface area contributed by atoms with Gasteiger partial charge in [0.1, 0.15) is 0 Å². The van der Waals surface area contributed by atoms with E-state index < -0.39 is 0 Å². The van der Waals surface area contributed by atoms with E-state index >= 15 is 0 Å². The molecule has 1 saturated heterocycles. The molecule has 1 atom stereocenters. The van der Waals surface area contributed by atoms with Crippen LogP contribution in [0.25, 0.3) is 0 Å². The van der Waals surface area contributed by atoms with Crippen LogP contribution in [0.3, 0.4) is 0 Å². The van der Waals surface area contributed by atoms with Gasteiger partial charge in [-0.3, -0.25) is 4.79 Å². The minimum absolute atomic E-state index is 0.171. The molecule has 1 unspecified atom stereocenters. The molecule has 0 N–H and O–H groups in total. The van der Waals surface area contributed by atoms with E-state index in [1.165, 1.54) is 5.56 Å². The molecule has 2 aromatic rings. The third kappa shape index (κ3) is 3.46. The number of hydrogen-bond donors (Lipinski definition) is 0. The van der Waals surface area contributed by atoms with Crippen LogP contribution < -0.4 is 0 Å². The topological polar surface area (TPSA) is 20.3 Å². The SMILES string of the molecule is O=C(c1ccc(I)cc1)N1CCCC1Cc1ccccc1. The standard InChI is InChI=1S/C18H18INO/c19-16-10-8-15(9-11-16)18(21)20-12-4-7-17(20)13-14-5-2-1-3-6-14/h1-3,5-6,8-11,17H,4,7,12-13H2. The summed E-state index contributed by atoms with van der Waals surface area (Å²) in [4.78, 5) is 14.7. The van der Waals surface area contributed by atoms with Gasteiger partial charge in [-0.15, -0.1) is 0 Å². The average Bonchev–Trinajstić information content (AvgIpc) is 2.96. The molecule has 1 heterocycles. The van der Waals surface area contributed by atoms with Gasteiger partial charge in [0.2, 0.25) is 0 Å². The first-order chi connectivity index (χ1) is 10.2. The van der Waals surface area contributed by atoms with Gasteiger partial charge in [0.25, 0.3) is 5.91 Å². The van der Waals surface area contributed by atoms with Crippen LogP contribution in [0.4, 0.5) is 0 Å². The zero-order chi connectivity index (χ0) is 14.7. The molecule has 0 radical (unpaired) electrons. The van der Waals surface area contributed by atoms with Crippen molar-refractivity contribution in [2.24, 2.45) is 0 Å². The van der Waals surface area contributed by atoms with E-state index in [9.17, 15) is 4.79 Å². The van der Waals surface area contributed by atoms with Gasteiger partial charge in [-0.2, -0.15) is 0 Å². The molecular weight excluding hydrogens is 373 g/mol. The maximum atomic E-state index is 12.7. The number of halogens is 1. The molecular formula is C18H18INO. The van der Waals surface area contributed by atoms with Crippen LogP contribution >= 0.6 is 22.6 Å². The van der Waals surface area contributed by atoms with E-state index in [1.807, 2.05) is 30.3 Å². The van der Waals surface area contributed by atoms with Gasteiger partial charge >= 0.3 is 0 Å². The first-order valence-electron chi connectivity index (χ1n) is 7.34. The van der Waals surface area contributed by atoms with Crippen molar-refractivity contribution in [3.05, 3.63) is 69.3 Å². The Morgan fingerprint density at radius 3 is 2.52 bits per heavy atom. The summed E-state index contributed by atoms with van der Waals surface area (Å²) in [6.45, 7) is 0.877. The van der Waals surface area contributed by atoms with Crippen LogP contribution in [0.2, 0.25) is 0 Å². The highest BCUT2D eigenvalue weighted by atomic mass is 127. The Morgan fingerprint density at radius 1 is 1.10 bits per heavy atom. The second-order valence-corrected chi connectivity index (χ2v) is 6.74. The maximum Gasteiger partial charge on any atom is 0.254 e. The summed E-state index contributed by atoms with van der Waals surface area (Å²) in [6.07, 6.45) is 3.16. The smallest absolute Gasteiger partial charge is 0.254 e. The molecule has 1 fully saturated rings. The van der Waals surface area contributed by atoms with Gasteiger partial charge < -0.3 is 4.90 Å². The fourth-order valence-electron chi connectivity index (χ4n) is 2.96. The van der Waals surface area contributed by atoms with E-state index in [0.717, 1.165) is 34.9 Å². The van der Waals surface area contributed by atoms with E-state index in [1.54, 1.807) is 0 Å². The van der Waals surface area contributed by atoms with Crippen molar-refractivity contribution in [2.45, 2.75) is 25.3 Å². The van der Waals surface area contributed by atoms with Gasteiger partial charge in [-0.05, 0) is 71.7 Å². The number of benzene rings is 2. The lowest BCUT2D eigenvalue weighted by Crippen LogP contribution is -2.36. The van der Waals surface area contributed by atoms with Crippen molar-refractivity contribution in [3.63, 3.8) is 0 Å². The first kappa shape index (κ1) is 14.6. The second kappa shape index (κ2) is 6.60. The number of rotatable bonds is 3. The quantitative estimate of drug-likeness (QED) is 0.721. The minimum atomic E-state index is 0.171. The normalized spacial score (nSPS) is 18.0. The van der Waals surface area contributed by atoms with E-state index in [2.05, 4.69) is 51.8 Å². The Morgan fingerprint density at radius 2 is 1.81 bits per heavy atom. The fraction of sp³-hybridized carbons (Fsp3) is 0.278. The largest absolute Gasteiger partial charge is 0.335 e. The van der Waals surface area contributed by atoms with Crippen molar-refractivity contribution in [1.82, 2.24) is 4.90 Å². The summed E-state index contributed by atoms with van der Waals surface area (Å²) in [5.41, 5.74) is 2.11. The number of carbonyl (C=O) groups is 1. The molecule has 3 heteroatoms. The van der Waals surface area contributed by atoms with Crippen LogP contribution in [-0.4, -0.2) is 23.4 Å². The summed E-state index contributed by atoms with van der Waals surface area (Å²) in [5.74, 6) is 0.171. The summed E-state index contributed by atoms with van der Waals surface area (Å²) < 4.78 is 1.16. The Balaban J connectivity index is 1.74. The molecule has 1 aliphatic rings. The number of amides is 1. The Kier molecular flexibility index (Phi) is 4.58. The van der Waals surface area contributed by atoms with Gasteiger partial charge in [-0.1, -0.05) is 30.3 Å². The second-order valence-electron chi connectivity index (χ2n) is 5.49. The Labute approximate surface area is 139 Å². The number of likely N-dealkylation sites (tertiary alicyclic amines) is 1. The summed E-state index contributed by atoms with van der Waals surface area (Å²) in [7, 11) is 0. The molecule has 0 saturated carbocycles. The minimum Gasteiger partial charge on any atom is -0.335 e. The maximum absolute atomic E-state index is 12.7. The summed E-state index contributed by atoms with van der Waals surface area (Å²) in [5, 5.41) is 0. The zero-order valence-corrected chi connectivity index (χ0v) is 14.0. The molecule has 0 aliphatic carbocycles. The lowest BCUT2D eigenvalue weighted by molar-refractivity contribution is 0.0736. The van der Waals surface area contributed by atoms with E-state index in [-0.39, 0.29) is 5.91 Å². The van der Waals surface area contributed by atoms with Crippen LogP contribution in [-0.2, 0) is 6.42 Å². The van der Waals surface area contributed by atoms with Crippen molar-refractivity contribution < 1.29 is 4.79 Å². The number of hydrogen-bond acceptors (Lipinski definition) is 1. The van der Waals surface area contributed by atoms with E-state index in [0.29, 0.717) is 6.04 Å². The summed E-state index contributed by atoms with van der Waals surface area (Å²) in [6, 6.07) is 18.6. The van der Waals surface area contributed by atoms with Crippen molar-refractivity contribution in [3.8, 4) is 0 Å². The van der Waals surface area contributed by atoms with Crippen LogP contribution in [0, 0.1) is 3.57 Å². The van der Waals surface area contributed by atoms with Crippen LogP contribution in [0.1, 0.15) is 28.8 Å². The summed E-state index contributed by atoms with van der Waals surface area (Å²) >= 11 is 2.26. The van der Waals surface area contributed by atoms with Gasteiger partial charge in [0.15, 0.2) is 0 Å². The van der Waals surface area contributed by atoms with E-state index in [4.69, 9.17) is 0 Å². The van der Waals surface area contributed by atoms with Gasteiger partial charge in [-0.25, -0.2) is 0 Å². The van der Waals surface area contributed by atoms with Gasteiger partial charge in [0.05, 0.1) is 0 Å². The Hall–Kier alpha value is -1.36. The van der Waals surface area contributed by atoms with Gasteiger partial charge in [0, 0.05) is 21.7 Å². The molecule has 0 spiro atoms. The fourth-order valence-corrected chi connectivity index (χ4v) is 3.32. The molecule has 0 aromatic heterocycles. The zero-order valence-electron chi connectivity index (χ0n) is 11.8. The number of nitrogens with zero attached hydrogens (tertiary/aromatic N) is 1. The lowest BCUT2D eigenvalue weighted by Gasteiger charge is -2.25. The molecule has 0 bridgehead atoms. The van der Waals surface area contributed by atoms with Crippen molar-refractivity contribution in [1.29, 1.82) is 0 Å². The first-order valence-corrected chi connectivity index (χ1v) is 8.42. The van der Waals surface area contributed by atoms with Crippen LogP contribution in [0.15, 0.2) is 54.6 Å². The molecule has 3 rings (SSSR count). The lowest BCUT2D eigenvalue weighted by atomic mass is 10.0. The molecule has 2 aromatic carbocycles. The predicted octanol–water partition coefficient (Wildman–Crippen LogP) is 4.14. The van der Waals surface area contributed by atoms with Crippen LogP contribution in [0.5, 0.6) is 0 Å². The molecule has 2 nitrogen and oxygen atoms in total. The number of carbonyl (C=O) groups excluding carboxylic acids is 1. The highest BCUT2D eigenvalue weighted by molar-refractivity contribution is 14.1. The third-order valence-corrected chi connectivity index (χ3v) is 4.76. The average molecular weight is 391 g/mol. The highest BCUT2D eigenvalue weighted by Gasteiger charge is 2.29. The Bertz CT molecular complexity index is 609. The molecule has 1 aliphatic heterocycles. The highest BCUT2D eigenvalue weighted by Crippen LogP contribution is 2.23. The monoisotopic (exact) mass is 391 g/mol. The third-order valence-electron chi connectivity index (χ3n) is 4.04. The molecule has 21 heavy (non-hydrogen) atoms. The predicted molar refractivity (Wildman–Crippen MR) is 93.4 cm³/mol. The molecule has 108 valence electrons. The van der Waals surface area contributed by atoms with Crippen molar-refractivity contribution in [2.75, 3.05) is 6.54 Å². The molecule has 1 amide bonds.